The van der Waals surface area contributed by atoms with Gasteiger partial charge in [0.2, 0.25) is 0 Å². The van der Waals surface area contributed by atoms with Crippen LogP contribution >= 0.6 is 0 Å². The number of aryl methyl sites for hydroxylation is 2. The molecule has 96 valence electrons. The van der Waals surface area contributed by atoms with E-state index in [1.807, 2.05) is 19.9 Å². The molecular formula is C16H27N. The fourth-order valence-electron chi connectivity index (χ4n) is 1.98. The van der Waals surface area contributed by atoms with Crippen molar-refractivity contribution < 1.29 is 0 Å². The van der Waals surface area contributed by atoms with Crippen LogP contribution in [0.15, 0.2) is 24.9 Å². The molecule has 0 bridgehead atoms. The molecular weight excluding hydrogens is 206 g/mol. The van der Waals surface area contributed by atoms with E-state index in [0.29, 0.717) is 0 Å². The summed E-state index contributed by atoms with van der Waals surface area (Å²) in [5.41, 5.74) is 4.16. The Kier molecular flexibility index (Phi) is 8.21. The van der Waals surface area contributed by atoms with Crippen LogP contribution in [-0.4, -0.2) is 4.57 Å². The summed E-state index contributed by atoms with van der Waals surface area (Å²) in [6, 6.07) is 0. The lowest BCUT2D eigenvalue weighted by Crippen LogP contribution is -1.92. The van der Waals surface area contributed by atoms with Gasteiger partial charge in [0.25, 0.3) is 0 Å². The van der Waals surface area contributed by atoms with E-state index in [4.69, 9.17) is 0 Å². The van der Waals surface area contributed by atoms with Crippen LogP contribution in [0.4, 0.5) is 0 Å². The molecule has 1 aromatic heterocycles. The van der Waals surface area contributed by atoms with Crippen molar-refractivity contribution in [3.05, 3.63) is 41.7 Å². The number of aromatic nitrogens is 1. The highest BCUT2D eigenvalue weighted by Crippen LogP contribution is 2.20. The SMILES string of the molecule is C=Cc1c(C/C=C/C)c(CCC)cn1C.CC. The molecule has 1 heterocycles. The average molecular weight is 233 g/mol. The lowest BCUT2D eigenvalue weighted by Gasteiger charge is -2.02. The quantitative estimate of drug-likeness (QED) is 0.646. The molecule has 1 nitrogen and oxygen atoms in total. The van der Waals surface area contributed by atoms with Crippen LogP contribution < -0.4 is 0 Å². The molecule has 0 unspecified atom stereocenters. The first-order valence-electron chi connectivity index (χ1n) is 6.65. The first kappa shape index (κ1) is 15.8. The number of allylic oxidation sites excluding steroid dienone is 2. The van der Waals surface area contributed by atoms with E-state index in [0.717, 1.165) is 12.8 Å². The maximum atomic E-state index is 3.89. The Labute approximate surface area is 107 Å². The maximum Gasteiger partial charge on any atom is 0.0436 e. The van der Waals surface area contributed by atoms with E-state index >= 15 is 0 Å². The second kappa shape index (κ2) is 8.86. The lowest BCUT2D eigenvalue weighted by atomic mass is 10.0. The molecule has 0 N–H and O–H groups in total. The summed E-state index contributed by atoms with van der Waals surface area (Å²) < 4.78 is 2.18. The van der Waals surface area contributed by atoms with E-state index < -0.39 is 0 Å². The standard InChI is InChI=1S/C14H21N.C2H6/c1-5-8-10-13-12(9-6-2)11-15(4)14(13)7-3;1-2/h5,7-8,11H,3,6,9-10H2,1-2,4H3;1-2H3/b8-5+;. The molecule has 0 aliphatic rings. The highest BCUT2D eigenvalue weighted by atomic mass is 14.9. The van der Waals surface area contributed by atoms with Crippen LogP contribution in [-0.2, 0) is 19.9 Å². The summed E-state index contributed by atoms with van der Waals surface area (Å²) in [6.45, 7) is 12.2. The monoisotopic (exact) mass is 233 g/mol. The summed E-state index contributed by atoms with van der Waals surface area (Å²) in [6.07, 6.45) is 11.9. The van der Waals surface area contributed by atoms with E-state index in [9.17, 15) is 0 Å². The van der Waals surface area contributed by atoms with Crippen molar-refractivity contribution in [2.45, 2.75) is 47.0 Å². The number of rotatable bonds is 5. The summed E-state index contributed by atoms with van der Waals surface area (Å²) in [5.74, 6) is 0. The van der Waals surface area contributed by atoms with Crippen molar-refractivity contribution >= 4 is 6.08 Å². The van der Waals surface area contributed by atoms with Gasteiger partial charge in [-0.05, 0) is 37.0 Å². The molecule has 0 aromatic carbocycles. The molecule has 17 heavy (non-hydrogen) atoms. The van der Waals surface area contributed by atoms with Gasteiger partial charge in [-0.15, -0.1) is 0 Å². The molecule has 0 saturated heterocycles. The maximum absolute atomic E-state index is 3.89. The van der Waals surface area contributed by atoms with Gasteiger partial charge in [-0.3, -0.25) is 0 Å². The molecule has 0 aliphatic heterocycles. The molecule has 0 fully saturated rings. The molecule has 0 spiro atoms. The van der Waals surface area contributed by atoms with Gasteiger partial charge in [-0.1, -0.05) is 45.9 Å². The molecule has 0 aliphatic carbocycles. The van der Waals surface area contributed by atoms with Crippen molar-refractivity contribution in [2.75, 3.05) is 0 Å². The Hall–Kier alpha value is -1.24. The second-order valence-electron chi connectivity index (χ2n) is 3.86. The van der Waals surface area contributed by atoms with E-state index in [2.05, 4.69) is 50.4 Å². The number of nitrogens with zero attached hydrogens (tertiary/aromatic N) is 1. The minimum absolute atomic E-state index is 1.02. The van der Waals surface area contributed by atoms with E-state index in [1.54, 1.807) is 0 Å². The largest absolute Gasteiger partial charge is 0.351 e. The van der Waals surface area contributed by atoms with Gasteiger partial charge in [-0.25, -0.2) is 0 Å². The predicted octanol–water partition coefficient (Wildman–Crippen LogP) is 4.77. The summed E-state index contributed by atoms with van der Waals surface area (Å²) in [5, 5.41) is 0. The van der Waals surface area contributed by atoms with Gasteiger partial charge >= 0.3 is 0 Å². The molecule has 1 aromatic rings. The molecule has 0 amide bonds. The van der Waals surface area contributed by atoms with Gasteiger partial charge in [-0.2, -0.15) is 0 Å². The minimum Gasteiger partial charge on any atom is -0.351 e. The van der Waals surface area contributed by atoms with Crippen LogP contribution in [0, 0.1) is 0 Å². The second-order valence-corrected chi connectivity index (χ2v) is 3.86. The fourth-order valence-corrected chi connectivity index (χ4v) is 1.98. The van der Waals surface area contributed by atoms with Crippen LogP contribution in [0.2, 0.25) is 0 Å². The first-order valence-corrected chi connectivity index (χ1v) is 6.65. The predicted molar refractivity (Wildman–Crippen MR) is 79.4 cm³/mol. The summed E-state index contributed by atoms with van der Waals surface area (Å²) >= 11 is 0. The molecule has 1 heteroatoms. The van der Waals surface area contributed by atoms with Crippen LogP contribution in [0.5, 0.6) is 0 Å². The first-order chi connectivity index (χ1) is 8.24. The van der Waals surface area contributed by atoms with Gasteiger partial charge in [0, 0.05) is 18.9 Å². The zero-order valence-corrected chi connectivity index (χ0v) is 12.1. The normalized spacial score (nSPS) is 10.2. The fraction of sp³-hybridized carbons (Fsp3) is 0.500. The third-order valence-electron chi connectivity index (χ3n) is 2.70. The van der Waals surface area contributed by atoms with Crippen molar-refractivity contribution in [1.82, 2.24) is 4.57 Å². The van der Waals surface area contributed by atoms with Gasteiger partial charge in [0.15, 0.2) is 0 Å². The highest BCUT2D eigenvalue weighted by molar-refractivity contribution is 5.52. The topological polar surface area (TPSA) is 4.93 Å². The third-order valence-corrected chi connectivity index (χ3v) is 2.70. The molecule has 1 rings (SSSR count). The third kappa shape index (κ3) is 4.26. The smallest absolute Gasteiger partial charge is 0.0436 e. The Morgan fingerprint density at radius 1 is 1.35 bits per heavy atom. The highest BCUT2D eigenvalue weighted by Gasteiger charge is 2.09. The van der Waals surface area contributed by atoms with Gasteiger partial charge in [0.1, 0.15) is 0 Å². The molecule has 0 atom stereocenters. The number of hydrogen-bond donors (Lipinski definition) is 0. The zero-order chi connectivity index (χ0) is 13.3. The Bertz CT molecular complexity index is 356. The summed E-state index contributed by atoms with van der Waals surface area (Å²) in [4.78, 5) is 0. The van der Waals surface area contributed by atoms with E-state index in [1.165, 1.54) is 23.2 Å². The summed E-state index contributed by atoms with van der Waals surface area (Å²) in [7, 11) is 2.09. The lowest BCUT2D eigenvalue weighted by molar-refractivity contribution is 0.885. The van der Waals surface area contributed by atoms with Gasteiger partial charge in [0.05, 0.1) is 0 Å². The number of hydrogen-bond acceptors (Lipinski definition) is 0. The van der Waals surface area contributed by atoms with Crippen LogP contribution in [0.25, 0.3) is 6.08 Å². The zero-order valence-electron chi connectivity index (χ0n) is 12.1. The van der Waals surface area contributed by atoms with Crippen molar-refractivity contribution in [3.63, 3.8) is 0 Å². The average Bonchev–Trinajstić information content (AvgIpc) is 2.65. The minimum atomic E-state index is 1.02. The van der Waals surface area contributed by atoms with Crippen molar-refractivity contribution in [3.8, 4) is 0 Å². The van der Waals surface area contributed by atoms with Crippen LogP contribution in [0.3, 0.4) is 0 Å². The molecule has 0 radical (unpaired) electrons. The van der Waals surface area contributed by atoms with Gasteiger partial charge < -0.3 is 4.57 Å². The van der Waals surface area contributed by atoms with E-state index in [-0.39, 0.29) is 0 Å². The van der Waals surface area contributed by atoms with Crippen molar-refractivity contribution in [1.29, 1.82) is 0 Å². The molecule has 0 saturated carbocycles. The van der Waals surface area contributed by atoms with Crippen LogP contribution in [0.1, 0.15) is 50.9 Å². The Balaban J connectivity index is 0.00000121. The van der Waals surface area contributed by atoms with Crippen molar-refractivity contribution in [2.24, 2.45) is 7.05 Å². The Morgan fingerprint density at radius 3 is 2.47 bits per heavy atom. The Morgan fingerprint density at radius 2 is 2.00 bits per heavy atom.